The molecule has 4 aromatic rings. The van der Waals surface area contributed by atoms with Gasteiger partial charge >= 0.3 is 6.36 Å². The zero-order chi connectivity index (χ0) is 30.4. The number of carbonyl (C=O) groups is 1. The van der Waals surface area contributed by atoms with Gasteiger partial charge < -0.3 is 20.1 Å². The fourth-order valence-corrected chi connectivity index (χ4v) is 5.06. The molecule has 0 atom stereocenters. The van der Waals surface area contributed by atoms with Crippen LogP contribution in [0.25, 0.3) is 11.3 Å². The molecule has 0 spiro atoms. The van der Waals surface area contributed by atoms with Crippen LogP contribution in [0.4, 0.5) is 30.5 Å². The van der Waals surface area contributed by atoms with Crippen LogP contribution in [-0.2, 0) is 11.3 Å². The molecule has 0 radical (unpaired) electrons. The van der Waals surface area contributed by atoms with Crippen molar-refractivity contribution in [3.8, 4) is 17.0 Å². The number of thioether (sulfide) groups is 1. The number of rotatable bonds is 9. The minimum atomic E-state index is -4.76. The van der Waals surface area contributed by atoms with E-state index < -0.39 is 6.36 Å². The van der Waals surface area contributed by atoms with Gasteiger partial charge in [-0.1, -0.05) is 12.1 Å². The summed E-state index contributed by atoms with van der Waals surface area (Å²) in [5.41, 5.74) is 5.19. The van der Waals surface area contributed by atoms with Crippen molar-refractivity contribution in [1.29, 1.82) is 0 Å². The Morgan fingerprint density at radius 3 is 2.44 bits per heavy atom. The van der Waals surface area contributed by atoms with E-state index in [1.165, 1.54) is 36.0 Å². The first kappa shape index (κ1) is 30.3. The molecular formula is C31H30F3N5O3S. The average molecular weight is 610 g/mol. The monoisotopic (exact) mass is 609 g/mol. The first-order valence-corrected chi connectivity index (χ1v) is 14.7. The van der Waals surface area contributed by atoms with Crippen molar-refractivity contribution in [1.82, 2.24) is 14.9 Å². The lowest BCUT2D eigenvalue weighted by molar-refractivity contribution is -0.274. The Morgan fingerprint density at radius 1 is 1.05 bits per heavy atom. The third-order valence-electron chi connectivity index (χ3n) is 6.80. The highest BCUT2D eigenvalue weighted by molar-refractivity contribution is 7.98. The zero-order valence-electron chi connectivity index (χ0n) is 23.6. The number of morpholine rings is 1. The van der Waals surface area contributed by atoms with E-state index in [0.29, 0.717) is 28.5 Å². The van der Waals surface area contributed by atoms with Gasteiger partial charge in [0.1, 0.15) is 5.75 Å². The largest absolute Gasteiger partial charge is 0.573 e. The van der Waals surface area contributed by atoms with E-state index in [1.807, 2.05) is 25.3 Å². The molecule has 12 heteroatoms. The summed E-state index contributed by atoms with van der Waals surface area (Å²) in [5.74, 6) is -0.235. The molecule has 0 aliphatic carbocycles. The first-order valence-electron chi connectivity index (χ1n) is 13.5. The second kappa shape index (κ2) is 13.4. The minimum Gasteiger partial charge on any atom is -0.406 e. The van der Waals surface area contributed by atoms with Crippen molar-refractivity contribution in [3.63, 3.8) is 0 Å². The first-order chi connectivity index (χ1) is 20.7. The third-order valence-corrected chi connectivity index (χ3v) is 7.54. The number of anilines is 3. The van der Waals surface area contributed by atoms with Crippen LogP contribution in [0.5, 0.6) is 5.75 Å². The van der Waals surface area contributed by atoms with Crippen molar-refractivity contribution in [3.05, 3.63) is 89.6 Å². The van der Waals surface area contributed by atoms with Crippen LogP contribution in [0.2, 0.25) is 0 Å². The molecule has 0 bridgehead atoms. The maximum absolute atomic E-state index is 13.1. The Kier molecular flexibility index (Phi) is 9.49. The van der Waals surface area contributed by atoms with Crippen molar-refractivity contribution in [2.75, 3.05) is 43.2 Å². The maximum Gasteiger partial charge on any atom is 0.573 e. The van der Waals surface area contributed by atoms with Gasteiger partial charge in [0, 0.05) is 48.3 Å². The number of amides is 1. The predicted molar refractivity (Wildman–Crippen MR) is 161 cm³/mol. The van der Waals surface area contributed by atoms with Crippen LogP contribution in [0.3, 0.4) is 0 Å². The van der Waals surface area contributed by atoms with E-state index in [-0.39, 0.29) is 11.7 Å². The number of nitrogens with zero attached hydrogens (tertiary/aromatic N) is 3. The lowest BCUT2D eigenvalue weighted by Crippen LogP contribution is -2.35. The molecule has 1 amide bonds. The van der Waals surface area contributed by atoms with E-state index in [0.717, 1.165) is 54.6 Å². The number of hydrogen-bond acceptors (Lipinski definition) is 8. The van der Waals surface area contributed by atoms with Gasteiger partial charge in [0.2, 0.25) is 5.95 Å². The van der Waals surface area contributed by atoms with Gasteiger partial charge in [0.05, 0.1) is 23.8 Å². The molecule has 5 rings (SSSR count). The summed E-state index contributed by atoms with van der Waals surface area (Å²) in [6.45, 7) is 5.99. The zero-order valence-corrected chi connectivity index (χ0v) is 24.4. The fourth-order valence-electron chi connectivity index (χ4n) is 4.55. The van der Waals surface area contributed by atoms with Crippen molar-refractivity contribution in [2.45, 2.75) is 24.7 Å². The van der Waals surface area contributed by atoms with Crippen LogP contribution in [0, 0.1) is 6.92 Å². The van der Waals surface area contributed by atoms with Gasteiger partial charge in [-0.15, -0.1) is 24.9 Å². The average Bonchev–Trinajstić information content (AvgIpc) is 2.99. The lowest BCUT2D eigenvalue weighted by atomic mass is 10.1. The second-order valence-corrected chi connectivity index (χ2v) is 10.7. The number of aromatic nitrogens is 2. The molecule has 1 aliphatic rings. The van der Waals surface area contributed by atoms with Gasteiger partial charge in [-0.2, -0.15) is 0 Å². The minimum absolute atomic E-state index is 0.223. The molecule has 224 valence electrons. The molecule has 1 aromatic heterocycles. The highest BCUT2D eigenvalue weighted by atomic mass is 32.2. The van der Waals surface area contributed by atoms with E-state index >= 15 is 0 Å². The Hall–Kier alpha value is -4.13. The molecule has 43 heavy (non-hydrogen) atoms. The molecule has 8 nitrogen and oxygen atoms in total. The number of alkyl halides is 3. The number of halogens is 3. The molecule has 1 fully saturated rings. The van der Waals surface area contributed by atoms with Crippen LogP contribution >= 0.6 is 11.8 Å². The summed E-state index contributed by atoms with van der Waals surface area (Å²) in [6.07, 6.45) is -1.25. The van der Waals surface area contributed by atoms with Gasteiger partial charge in [-0.25, -0.2) is 9.97 Å². The molecule has 2 heterocycles. The second-order valence-electron chi connectivity index (χ2n) is 9.88. The molecule has 0 saturated carbocycles. The summed E-state index contributed by atoms with van der Waals surface area (Å²) in [4.78, 5) is 25.1. The predicted octanol–water partition coefficient (Wildman–Crippen LogP) is 6.90. The number of carbonyl (C=O) groups excluding carboxylic acids is 1. The van der Waals surface area contributed by atoms with Crippen LogP contribution < -0.4 is 15.4 Å². The van der Waals surface area contributed by atoms with E-state index in [9.17, 15) is 18.0 Å². The van der Waals surface area contributed by atoms with Gasteiger partial charge in [-0.05, 0) is 78.9 Å². The highest BCUT2D eigenvalue weighted by Crippen LogP contribution is 2.32. The summed E-state index contributed by atoms with van der Waals surface area (Å²) in [7, 11) is 0. The third kappa shape index (κ3) is 8.25. The lowest BCUT2D eigenvalue weighted by Gasteiger charge is -2.26. The number of aryl methyl sites for hydroxylation is 1. The Morgan fingerprint density at radius 2 is 1.77 bits per heavy atom. The maximum atomic E-state index is 13.1. The number of nitrogens with one attached hydrogen (secondary N) is 2. The van der Waals surface area contributed by atoms with Crippen LogP contribution in [-0.4, -0.2) is 59.7 Å². The van der Waals surface area contributed by atoms with Crippen molar-refractivity contribution >= 4 is 35.0 Å². The smallest absolute Gasteiger partial charge is 0.406 e. The number of hydrogen-bond donors (Lipinski definition) is 2. The molecule has 2 N–H and O–H groups in total. The summed E-state index contributed by atoms with van der Waals surface area (Å²) in [5, 5.41) is 6.16. The Balaban J connectivity index is 1.25. The van der Waals surface area contributed by atoms with Crippen LogP contribution in [0.1, 0.15) is 21.5 Å². The van der Waals surface area contributed by atoms with E-state index in [2.05, 4.69) is 36.3 Å². The van der Waals surface area contributed by atoms with Gasteiger partial charge in [0.15, 0.2) is 0 Å². The molecular weight excluding hydrogens is 579 g/mol. The molecule has 1 aliphatic heterocycles. The topological polar surface area (TPSA) is 88.6 Å². The quantitative estimate of drug-likeness (QED) is 0.198. The standard InChI is InChI=1S/C31H30F3N5O3S/c1-20-3-4-21(19-39-13-15-41-16-14-39)17-26(20)37-29(40)23-5-9-24(10-6-23)36-30-35-18-27(43-2)28(38-30)22-7-11-25(12-8-22)42-31(32,33)34/h3-12,17-18H,13-16,19H2,1-2H3,(H,37,40)(H,35,36,38). The van der Waals surface area contributed by atoms with Crippen LogP contribution in [0.15, 0.2) is 77.8 Å². The fraction of sp³-hybridized carbons (Fsp3) is 0.258. The Labute approximate surface area is 251 Å². The summed E-state index contributed by atoms with van der Waals surface area (Å²) in [6, 6.07) is 18.6. The van der Waals surface area contributed by atoms with E-state index in [4.69, 9.17) is 4.74 Å². The summed E-state index contributed by atoms with van der Waals surface area (Å²) >= 11 is 1.42. The van der Waals surface area contributed by atoms with Gasteiger partial charge in [-0.3, -0.25) is 9.69 Å². The summed E-state index contributed by atoms with van der Waals surface area (Å²) < 4.78 is 47.0. The van der Waals surface area contributed by atoms with Gasteiger partial charge in [0.25, 0.3) is 5.91 Å². The van der Waals surface area contributed by atoms with Crippen molar-refractivity contribution < 1.29 is 27.4 Å². The van der Waals surface area contributed by atoms with Crippen molar-refractivity contribution in [2.24, 2.45) is 0 Å². The SMILES string of the molecule is CSc1cnc(Nc2ccc(C(=O)Nc3cc(CN4CCOCC4)ccc3C)cc2)nc1-c1ccc(OC(F)(F)F)cc1. The number of benzene rings is 3. The normalized spacial score (nSPS) is 13.9. The highest BCUT2D eigenvalue weighted by Gasteiger charge is 2.31. The molecule has 0 unspecified atom stereocenters. The van der Waals surface area contributed by atoms with E-state index in [1.54, 1.807) is 30.5 Å². The number of ether oxygens (including phenoxy) is 2. The Bertz CT molecular complexity index is 1560. The molecule has 1 saturated heterocycles. The molecule has 3 aromatic carbocycles.